The average molecular weight is 190 g/mol. The normalized spacial score (nSPS) is 20.1. The molecule has 1 aromatic rings. The molecule has 0 radical (unpaired) electrons. The average Bonchev–Trinajstić information content (AvgIpc) is 2.15. The van der Waals surface area contributed by atoms with Gasteiger partial charge in [-0.1, -0.05) is 12.1 Å². The highest BCUT2D eigenvalue weighted by Gasteiger charge is 2.23. The number of carbonyl (C=O) groups excluding carboxylic acids is 1. The van der Waals surface area contributed by atoms with Gasteiger partial charge in [-0.2, -0.15) is 0 Å². The Hall–Kier alpha value is -1.35. The Bertz CT molecular complexity index is 374. The van der Waals surface area contributed by atoms with Crippen LogP contribution in [-0.4, -0.2) is 13.0 Å². The van der Waals surface area contributed by atoms with Crippen LogP contribution in [0.2, 0.25) is 0 Å². The molecule has 1 aliphatic rings. The molecule has 3 nitrogen and oxygen atoms in total. The summed E-state index contributed by atoms with van der Waals surface area (Å²) in [7, 11) is 1.88. The van der Waals surface area contributed by atoms with E-state index < -0.39 is 0 Å². The van der Waals surface area contributed by atoms with E-state index in [-0.39, 0.29) is 11.9 Å². The molecule has 0 aromatic heterocycles. The summed E-state index contributed by atoms with van der Waals surface area (Å²) in [6.45, 7) is 2.02. The lowest BCUT2D eigenvalue weighted by Gasteiger charge is -2.25. The third-order valence-corrected chi connectivity index (χ3v) is 2.60. The smallest absolute Gasteiger partial charge is 0.226 e. The molecule has 14 heavy (non-hydrogen) atoms. The van der Waals surface area contributed by atoms with E-state index in [2.05, 4.69) is 22.8 Å². The molecular weight excluding hydrogens is 176 g/mol. The number of hydrogen-bond acceptors (Lipinski definition) is 2. The van der Waals surface area contributed by atoms with Crippen LogP contribution in [0.5, 0.6) is 0 Å². The maximum absolute atomic E-state index is 11.4. The van der Waals surface area contributed by atoms with Gasteiger partial charge in [-0.3, -0.25) is 4.79 Å². The molecular formula is C11H14N2O. The molecule has 0 spiro atoms. The van der Waals surface area contributed by atoms with Gasteiger partial charge in [0.25, 0.3) is 0 Å². The number of carbonyl (C=O) groups is 1. The molecule has 2 rings (SSSR count). The molecule has 74 valence electrons. The molecule has 1 aromatic carbocycles. The van der Waals surface area contributed by atoms with Gasteiger partial charge >= 0.3 is 0 Å². The number of anilines is 1. The second kappa shape index (κ2) is 3.42. The molecule has 0 saturated carbocycles. The van der Waals surface area contributed by atoms with E-state index >= 15 is 0 Å². The standard InChI is InChI=1S/C11H14N2O/c1-7-3-4-8-9(12-2)6-11(14)13-10(8)5-7/h3-5,9,12H,6H2,1-2H3,(H,13,14). The van der Waals surface area contributed by atoms with Crippen molar-refractivity contribution in [3.05, 3.63) is 29.3 Å². The lowest BCUT2D eigenvalue weighted by molar-refractivity contribution is -0.117. The Morgan fingerprint density at radius 2 is 2.29 bits per heavy atom. The van der Waals surface area contributed by atoms with E-state index in [0.29, 0.717) is 6.42 Å². The van der Waals surface area contributed by atoms with Gasteiger partial charge in [0, 0.05) is 18.2 Å². The number of hydrogen-bond donors (Lipinski definition) is 2. The maximum Gasteiger partial charge on any atom is 0.226 e. The zero-order valence-corrected chi connectivity index (χ0v) is 8.42. The Morgan fingerprint density at radius 1 is 1.50 bits per heavy atom. The van der Waals surface area contributed by atoms with Crippen LogP contribution in [0.25, 0.3) is 0 Å². The predicted molar refractivity (Wildman–Crippen MR) is 56.2 cm³/mol. The fraction of sp³-hybridized carbons (Fsp3) is 0.364. The SMILES string of the molecule is CNC1CC(=O)Nc2cc(C)ccc21. The van der Waals surface area contributed by atoms with E-state index in [1.807, 2.05) is 20.0 Å². The second-order valence-corrected chi connectivity index (χ2v) is 3.68. The highest BCUT2D eigenvalue weighted by atomic mass is 16.1. The highest BCUT2D eigenvalue weighted by Crippen LogP contribution is 2.30. The van der Waals surface area contributed by atoms with Crippen molar-refractivity contribution in [2.45, 2.75) is 19.4 Å². The van der Waals surface area contributed by atoms with Gasteiger partial charge < -0.3 is 10.6 Å². The number of rotatable bonds is 1. The fourth-order valence-electron chi connectivity index (χ4n) is 1.84. The first kappa shape index (κ1) is 9.21. The van der Waals surface area contributed by atoms with E-state index in [1.54, 1.807) is 0 Å². The first-order chi connectivity index (χ1) is 6.70. The summed E-state index contributed by atoms with van der Waals surface area (Å²) in [5.74, 6) is 0.0856. The Labute approximate surface area is 83.5 Å². The Morgan fingerprint density at radius 3 is 3.00 bits per heavy atom. The van der Waals surface area contributed by atoms with E-state index in [9.17, 15) is 4.79 Å². The molecule has 1 aliphatic heterocycles. The monoisotopic (exact) mass is 190 g/mol. The fourth-order valence-corrected chi connectivity index (χ4v) is 1.84. The lowest BCUT2D eigenvalue weighted by Crippen LogP contribution is -2.29. The third kappa shape index (κ3) is 1.51. The highest BCUT2D eigenvalue weighted by molar-refractivity contribution is 5.94. The summed E-state index contributed by atoms with van der Waals surface area (Å²) in [4.78, 5) is 11.4. The zero-order chi connectivity index (χ0) is 10.1. The van der Waals surface area contributed by atoms with Crippen LogP contribution in [0.1, 0.15) is 23.6 Å². The summed E-state index contributed by atoms with van der Waals surface area (Å²) in [6.07, 6.45) is 0.520. The van der Waals surface area contributed by atoms with Crippen molar-refractivity contribution in [3.8, 4) is 0 Å². The van der Waals surface area contributed by atoms with E-state index in [4.69, 9.17) is 0 Å². The minimum Gasteiger partial charge on any atom is -0.326 e. The van der Waals surface area contributed by atoms with Gasteiger partial charge in [0.1, 0.15) is 0 Å². The van der Waals surface area contributed by atoms with Crippen LogP contribution < -0.4 is 10.6 Å². The lowest BCUT2D eigenvalue weighted by atomic mass is 9.96. The van der Waals surface area contributed by atoms with Gasteiger partial charge in [-0.15, -0.1) is 0 Å². The van der Waals surface area contributed by atoms with Crippen molar-refractivity contribution in [2.75, 3.05) is 12.4 Å². The van der Waals surface area contributed by atoms with Crippen molar-refractivity contribution >= 4 is 11.6 Å². The molecule has 1 amide bonds. The van der Waals surface area contributed by atoms with Crippen LogP contribution in [0.3, 0.4) is 0 Å². The second-order valence-electron chi connectivity index (χ2n) is 3.68. The van der Waals surface area contributed by atoms with Crippen LogP contribution >= 0.6 is 0 Å². The Balaban J connectivity index is 2.45. The van der Waals surface area contributed by atoms with Crippen molar-refractivity contribution in [2.24, 2.45) is 0 Å². The summed E-state index contributed by atoms with van der Waals surface area (Å²) in [5, 5.41) is 6.04. The van der Waals surface area contributed by atoms with Gasteiger partial charge in [0.15, 0.2) is 0 Å². The first-order valence-electron chi connectivity index (χ1n) is 4.78. The summed E-state index contributed by atoms with van der Waals surface area (Å²) in [6, 6.07) is 6.31. The quantitative estimate of drug-likeness (QED) is 0.706. The zero-order valence-electron chi connectivity index (χ0n) is 8.42. The number of fused-ring (bicyclic) bond motifs is 1. The Kier molecular flexibility index (Phi) is 2.25. The molecule has 1 atom stereocenters. The maximum atomic E-state index is 11.4. The van der Waals surface area contributed by atoms with E-state index in [1.165, 1.54) is 11.1 Å². The van der Waals surface area contributed by atoms with Crippen LogP contribution in [0, 0.1) is 6.92 Å². The van der Waals surface area contributed by atoms with Crippen LogP contribution in [0.15, 0.2) is 18.2 Å². The minimum absolute atomic E-state index is 0.0856. The summed E-state index contributed by atoms with van der Waals surface area (Å²) >= 11 is 0. The first-order valence-corrected chi connectivity index (χ1v) is 4.78. The van der Waals surface area contributed by atoms with Crippen molar-refractivity contribution in [3.63, 3.8) is 0 Å². The van der Waals surface area contributed by atoms with Gasteiger partial charge in [0.05, 0.1) is 0 Å². The summed E-state index contributed by atoms with van der Waals surface area (Å²) < 4.78 is 0. The van der Waals surface area contributed by atoms with Crippen LogP contribution in [0.4, 0.5) is 5.69 Å². The van der Waals surface area contributed by atoms with E-state index in [0.717, 1.165) is 5.69 Å². The third-order valence-electron chi connectivity index (χ3n) is 2.60. The van der Waals surface area contributed by atoms with Gasteiger partial charge in [0.2, 0.25) is 5.91 Å². The molecule has 1 heterocycles. The van der Waals surface area contributed by atoms with Crippen LogP contribution in [-0.2, 0) is 4.79 Å². The minimum atomic E-state index is 0.0856. The number of benzene rings is 1. The van der Waals surface area contributed by atoms with Gasteiger partial charge in [-0.05, 0) is 31.2 Å². The number of aryl methyl sites for hydroxylation is 1. The molecule has 0 saturated heterocycles. The van der Waals surface area contributed by atoms with Crippen molar-refractivity contribution < 1.29 is 4.79 Å². The molecule has 0 fully saturated rings. The predicted octanol–water partition coefficient (Wildman–Crippen LogP) is 1.60. The molecule has 0 bridgehead atoms. The summed E-state index contributed by atoms with van der Waals surface area (Å²) in [5.41, 5.74) is 3.29. The van der Waals surface area contributed by atoms with Gasteiger partial charge in [-0.25, -0.2) is 0 Å². The molecule has 3 heteroatoms. The topological polar surface area (TPSA) is 41.1 Å². The molecule has 1 unspecified atom stereocenters. The molecule has 2 N–H and O–H groups in total. The number of nitrogens with one attached hydrogen (secondary N) is 2. The molecule has 0 aliphatic carbocycles. The largest absolute Gasteiger partial charge is 0.326 e. The number of amides is 1. The van der Waals surface area contributed by atoms with Crippen molar-refractivity contribution in [1.82, 2.24) is 5.32 Å². The van der Waals surface area contributed by atoms with Crippen molar-refractivity contribution in [1.29, 1.82) is 0 Å².